The topological polar surface area (TPSA) is 75.0 Å². The first-order chi connectivity index (χ1) is 15.8. The molecule has 0 fully saturated rings. The molecule has 0 spiro atoms. The maximum atomic E-state index is 13.6. The van der Waals surface area contributed by atoms with Gasteiger partial charge in [-0.1, -0.05) is 59.8 Å². The summed E-state index contributed by atoms with van der Waals surface area (Å²) >= 11 is 0. The minimum Gasteiger partial charge on any atom is -0.356 e. The number of fused-ring (bicyclic) bond motifs is 3. The van der Waals surface area contributed by atoms with E-state index < -0.39 is 0 Å². The lowest BCUT2D eigenvalue weighted by Gasteiger charge is -2.34. The lowest BCUT2D eigenvalue weighted by Crippen LogP contribution is -2.40. The average molecular weight is 420 g/mol. The second-order valence-corrected chi connectivity index (χ2v) is 7.91. The number of rotatable bonds is 3. The first-order valence-electron chi connectivity index (χ1n) is 10.6. The van der Waals surface area contributed by atoms with Gasteiger partial charge >= 0.3 is 0 Å². The van der Waals surface area contributed by atoms with E-state index in [9.17, 15) is 4.79 Å². The van der Waals surface area contributed by atoms with Crippen LogP contribution in [0.3, 0.4) is 0 Å². The number of H-pyrrole nitrogens is 1. The Kier molecular flexibility index (Phi) is 4.35. The van der Waals surface area contributed by atoms with Gasteiger partial charge in [0.15, 0.2) is 0 Å². The molecule has 6 rings (SSSR count). The number of amides is 1. The fourth-order valence-corrected chi connectivity index (χ4v) is 4.57. The molecule has 1 atom stereocenters. The van der Waals surface area contributed by atoms with Crippen molar-refractivity contribution < 1.29 is 9.32 Å². The van der Waals surface area contributed by atoms with E-state index in [2.05, 4.69) is 27.3 Å². The van der Waals surface area contributed by atoms with Crippen LogP contribution in [0, 0.1) is 0 Å². The van der Waals surface area contributed by atoms with Gasteiger partial charge in [0, 0.05) is 41.0 Å². The Balaban J connectivity index is 1.43. The van der Waals surface area contributed by atoms with E-state index in [0.717, 1.165) is 28.9 Å². The molecule has 4 heterocycles. The van der Waals surface area contributed by atoms with Crippen molar-refractivity contribution in [3.63, 3.8) is 0 Å². The van der Waals surface area contributed by atoms with Crippen molar-refractivity contribution in [1.29, 1.82) is 0 Å². The maximum absolute atomic E-state index is 13.6. The zero-order chi connectivity index (χ0) is 21.5. The number of aromatic amines is 1. The molecule has 1 aliphatic heterocycles. The number of nitrogens with one attached hydrogen (secondary N) is 1. The summed E-state index contributed by atoms with van der Waals surface area (Å²) in [5.74, 6) is 0.0315. The number of nitrogens with zero attached hydrogens (tertiary/aromatic N) is 3. The van der Waals surface area contributed by atoms with E-state index in [1.54, 1.807) is 12.3 Å². The predicted molar refractivity (Wildman–Crippen MR) is 121 cm³/mol. The summed E-state index contributed by atoms with van der Waals surface area (Å²) in [5.41, 5.74) is 5.69. The second kappa shape index (κ2) is 7.50. The Labute approximate surface area is 184 Å². The third-order valence-corrected chi connectivity index (χ3v) is 6.05. The summed E-state index contributed by atoms with van der Waals surface area (Å²) in [6.07, 6.45) is 2.52. The Morgan fingerprint density at radius 3 is 2.66 bits per heavy atom. The van der Waals surface area contributed by atoms with E-state index in [1.807, 2.05) is 65.6 Å². The molecule has 5 aromatic rings. The summed E-state index contributed by atoms with van der Waals surface area (Å²) in [6.45, 7) is 0.566. The van der Waals surface area contributed by atoms with Crippen LogP contribution in [0.5, 0.6) is 0 Å². The van der Waals surface area contributed by atoms with Crippen LogP contribution >= 0.6 is 0 Å². The molecule has 0 radical (unpaired) electrons. The first-order valence-corrected chi connectivity index (χ1v) is 10.6. The van der Waals surface area contributed by atoms with Crippen molar-refractivity contribution in [3.8, 4) is 11.3 Å². The van der Waals surface area contributed by atoms with Gasteiger partial charge in [-0.05, 0) is 30.2 Å². The molecule has 0 saturated carbocycles. The highest BCUT2D eigenvalue weighted by molar-refractivity contribution is 5.94. The molecule has 0 bridgehead atoms. The van der Waals surface area contributed by atoms with E-state index in [-0.39, 0.29) is 17.7 Å². The molecule has 1 aliphatic rings. The Morgan fingerprint density at radius 1 is 1.00 bits per heavy atom. The second-order valence-electron chi connectivity index (χ2n) is 7.91. The lowest BCUT2D eigenvalue weighted by molar-refractivity contribution is 0.0646. The number of carbonyl (C=O) groups excluding carboxylic acids is 1. The molecule has 3 aromatic heterocycles. The molecule has 1 N–H and O–H groups in total. The molecule has 156 valence electrons. The van der Waals surface area contributed by atoms with Crippen LogP contribution in [0.25, 0.3) is 22.2 Å². The molecule has 1 unspecified atom stereocenters. The fraction of sp³-hybridized carbons (Fsp3) is 0.115. The summed E-state index contributed by atoms with van der Waals surface area (Å²) < 4.78 is 5.49. The zero-order valence-corrected chi connectivity index (χ0v) is 17.2. The summed E-state index contributed by atoms with van der Waals surface area (Å²) in [6, 6.07) is 25.1. The highest BCUT2D eigenvalue weighted by Crippen LogP contribution is 2.38. The zero-order valence-electron chi connectivity index (χ0n) is 17.2. The van der Waals surface area contributed by atoms with Crippen molar-refractivity contribution >= 4 is 16.8 Å². The minimum absolute atomic E-state index is 0.195. The predicted octanol–water partition coefficient (Wildman–Crippen LogP) is 5.01. The molecular weight excluding hydrogens is 400 g/mol. The highest BCUT2D eigenvalue weighted by Gasteiger charge is 2.37. The van der Waals surface area contributed by atoms with Gasteiger partial charge in [0.25, 0.3) is 5.91 Å². The number of aromatic nitrogens is 3. The first kappa shape index (κ1) is 18.6. The van der Waals surface area contributed by atoms with Crippen LogP contribution < -0.4 is 0 Å². The smallest absolute Gasteiger partial charge is 0.293 e. The number of para-hydroxylation sites is 1. The standard InChI is InChI=1S/C26H20N4O2/c31-26(23-16-22(29-32-23)17-8-2-1-3-9-17)30-15-13-19-18-10-4-5-11-20(18)28-24(19)25(30)21-12-6-7-14-27-21/h1-12,14,16,25,28H,13,15H2. The monoisotopic (exact) mass is 420 g/mol. The van der Waals surface area contributed by atoms with Gasteiger partial charge in [-0.25, -0.2) is 0 Å². The SMILES string of the molecule is O=C(c1cc(-c2ccccc2)no1)N1CCc2c([nH]c3ccccc23)C1c1ccccn1. The van der Waals surface area contributed by atoms with Gasteiger partial charge < -0.3 is 14.4 Å². The van der Waals surface area contributed by atoms with E-state index in [1.165, 1.54) is 10.9 Å². The third kappa shape index (κ3) is 3.00. The number of hydrogen-bond donors (Lipinski definition) is 1. The lowest BCUT2D eigenvalue weighted by atomic mass is 9.94. The van der Waals surface area contributed by atoms with Crippen LogP contribution in [0.2, 0.25) is 0 Å². The van der Waals surface area contributed by atoms with Gasteiger partial charge in [-0.2, -0.15) is 0 Å². The van der Waals surface area contributed by atoms with Gasteiger partial charge in [-0.3, -0.25) is 9.78 Å². The molecule has 1 amide bonds. The number of hydrogen-bond acceptors (Lipinski definition) is 4. The molecule has 2 aromatic carbocycles. The largest absolute Gasteiger partial charge is 0.356 e. The molecule has 6 heteroatoms. The number of carbonyl (C=O) groups is 1. The van der Waals surface area contributed by atoms with Gasteiger partial charge in [0.05, 0.1) is 5.69 Å². The highest BCUT2D eigenvalue weighted by atomic mass is 16.5. The molecule has 0 saturated heterocycles. The number of pyridine rings is 1. The normalized spacial score (nSPS) is 15.6. The van der Waals surface area contributed by atoms with E-state index in [4.69, 9.17) is 4.52 Å². The molecule has 6 nitrogen and oxygen atoms in total. The van der Waals surface area contributed by atoms with Crippen molar-refractivity contribution in [2.75, 3.05) is 6.54 Å². The summed E-state index contributed by atoms with van der Waals surface area (Å²) in [5, 5.41) is 5.33. The van der Waals surface area contributed by atoms with Crippen LogP contribution in [-0.2, 0) is 6.42 Å². The van der Waals surface area contributed by atoms with Gasteiger partial charge in [0.2, 0.25) is 5.76 Å². The average Bonchev–Trinajstić information content (AvgIpc) is 3.49. The summed E-state index contributed by atoms with van der Waals surface area (Å²) in [4.78, 5) is 23.6. The molecular formula is C26H20N4O2. The Hall–Kier alpha value is -4.19. The minimum atomic E-state index is -0.329. The quantitative estimate of drug-likeness (QED) is 0.445. The van der Waals surface area contributed by atoms with Gasteiger partial charge in [-0.15, -0.1) is 0 Å². The molecule has 0 aliphatic carbocycles. The van der Waals surface area contributed by atoms with Crippen LogP contribution in [0.4, 0.5) is 0 Å². The Morgan fingerprint density at radius 2 is 1.81 bits per heavy atom. The maximum Gasteiger partial charge on any atom is 0.293 e. The van der Waals surface area contributed by atoms with Crippen LogP contribution in [0.1, 0.15) is 33.5 Å². The van der Waals surface area contributed by atoms with Crippen molar-refractivity contribution in [1.82, 2.24) is 20.0 Å². The van der Waals surface area contributed by atoms with Crippen molar-refractivity contribution in [2.24, 2.45) is 0 Å². The van der Waals surface area contributed by atoms with Gasteiger partial charge in [0.1, 0.15) is 11.7 Å². The van der Waals surface area contributed by atoms with Crippen LogP contribution in [-0.4, -0.2) is 32.5 Å². The third-order valence-electron chi connectivity index (χ3n) is 6.05. The van der Waals surface area contributed by atoms with E-state index >= 15 is 0 Å². The summed E-state index contributed by atoms with van der Waals surface area (Å²) in [7, 11) is 0. The van der Waals surface area contributed by atoms with Crippen molar-refractivity contribution in [2.45, 2.75) is 12.5 Å². The molecule has 32 heavy (non-hydrogen) atoms. The van der Waals surface area contributed by atoms with E-state index in [0.29, 0.717) is 12.2 Å². The fourth-order valence-electron chi connectivity index (χ4n) is 4.57. The van der Waals surface area contributed by atoms with Crippen molar-refractivity contribution in [3.05, 3.63) is 108 Å². The Bertz CT molecular complexity index is 1410. The number of benzene rings is 2. The van der Waals surface area contributed by atoms with Crippen LogP contribution in [0.15, 0.2) is 89.6 Å².